The lowest BCUT2D eigenvalue weighted by Gasteiger charge is -2.25. The average molecular weight is 297 g/mol. The molecule has 1 aromatic carbocycles. The van der Waals surface area contributed by atoms with Gasteiger partial charge in [-0.3, -0.25) is 4.79 Å². The Bertz CT molecular complexity index is 532. The van der Waals surface area contributed by atoms with E-state index in [0.29, 0.717) is 12.3 Å². The molecule has 0 atom stereocenters. The highest BCUT2D eigenvalue weighted by molar-refractivity contribution is 5.91. The van der Waals surface area contributed by atoms with Gasteiger partial charge in [0, 0.05) is 18.0 Å². The highest BCUT2D eigenvalue weighted by Crippen LogP contribution is 2.25. The van der Waals surface area contributed by atoms with Crippen molar-refractivity contribution in [2.45, 2.75) is 32.7 Å². The van der Waals surface area contributed by atoms with Crippen LogP contribution in [0.5, 0.6) is 5.75 Å². The van der Waals surface area contributed by atoms with Crippen molar-refractivity contribution < 1.29 is 18.7 Å². The van der Waals surface area contributed by atoms with Gasteiger partial charge in [-0.2, -0.15) is 0 Å². The first-order valence-corrected chi connectivity index (χ1v) is 6.53. The first-order valence-electron chi connectivity index (χ1n) is 6.53. The Labute approximate surface area is 122 Å². The third kappa shape index (κ3) is 5.68. The molecule has 7 heteroatoms. The molecule has 0 aliphatic heterocycles. The maximum absolute atomic E-state index is 13.2. The number of halogens is 1. The molecule has 0 heterocycles. The molecule has 0 fully saturated rings. The zero-order chi connectivity index (χ0) is 16.0. The predicted molar refractivity (Wildman–Crippen MR) is 77.6 cm³/mol. The molecule has 6 nitrogen and oxygen atoms in total. The molecule has 0 aliphatic rings. The molecular weight excluding hydrogens is 277 g/mol. The average Bonchev–Trinajstić information content (AvgIpc) is 2.30. The predicted octanol–water partition coefficient (Wildman–Crippen LogP) is 2.00. The molecule has 1 aromatic rings. The van der Waals surface area contributed by atoms with E-state index in [9.17, 15) is 14.0 Å². The van der Waals surface area contributed by atoms with Crippen LogP contribution in [0, 0.1) is 5.82 Å². The molecule has 1 rings (SSSR count). The summed E-state index contributed by atoms with van der Waals surface area (Å²) in [6.45, 7) is 5.44. The lowest BCUT2D eigenvalue weighted by Crippen LogP contribution is -2.47. The van der Waals surface area contributed by atoms with Crippen molar-refractivity contribution in [1.82, 2.24) is 5.32 Å². The van der Waals surface area contributed by atoms with Crippen LogP contribution in [0.4, 0.5) is 14.9 Å². The first kappa shape index (κ1) is 16.7. The van der Waals surface area contributed by atoms with Gasteiger partial charge in [0.2, 0.25) is 5.91 Å². The van der Waals surface area contributed by atoms with E-state index in [0.717, 1.165) is 0 Å². The van der Waals surface area contributed by atoms with E-state index in [4.69, 9.17) is 10.5 Å². The Morgan fingerprint density at radius 2 is 2.05 bits per heavy atom. The SMILES string of the molecule is CCOc1cc(F)ccc1NC(=O)NC(C)(C)CC(N)=O. The number of ether oxygens (including phenoxy) is 1. The van der Waals surface area contributed by atoms with Crippen molar-refractivity contribution in [1.29, 1.82) is 0 Å². The highest BCUT2D eigenvalue weighted by atomic mass is 19.1. The molecular formula is C14H20FN3O3. The summed E-state index contributed by atoms with van der Waals surface area (Å²) in [6.07, 6.45) is 0.00214. The van der Waals surface area contributed by atoms with Crippen LogP contribution in [0.3, 0.4) is 0 Å². The van der Waals surface area contributed by atoms with Crippen LogP contribution in [0.15, 0.2) is 18.2 Å². The standard InChI is InChI=1S/C14H20FN3O3/c1-4-21-11-7-9(15)5-6-10(11)17-13(20)18-14(2,3)8-12(16)19/h5-7H,4,8H2,1-3H3,(H2,16,19)(H2,17,18,20). The molecule has 0 radical (unpaired) electrons. The summed E-state index contributed by atoms with van der Waals surface area (Å²) < 4.78 is 18.4. The summed E-state index contributed by atoms with van der Waals surface area (Å²) in [5.74, 6) is -0.740. The zero-order valence-electron chi connectivity index (χ0n) is 12.3. The molecule has 0 saturated heterocycles. The fourth-order valence-corrected chi connectivity index (χ4v) is 1.82. The van der Waals surface area contributed by atoms with Crippen LogP contribution in [0.25, 0.3) is 0 Å². The summed E-state index contributed by atoms with van der Waals surface area (Å²) in [7, 11) is 0. The second-order valence-electron chi connectivity index (χ2n) is 5.18. The van der Waals surface area contributed by atoms with E-state index in [1.165, 1.54) is 18.2 Å². The molecule has 0 aliphatic carbocycles. The molecule has 0 saturated carbocycles. The molecule has 0 spiro atoms. The number of rotatable bonds is 6. The number of primary amides is 1. The van der Waals surface area contributed by atoms with E-state index >= 15 is 0 Å². The number of amides is 3. The van der Waals surface area contributed by atoms with Gasteiger partial charge >= 0.3 is 6.03 Å². The Hall–Kier alpha value is -2.31. The number of anilines is 1. The molecule has 0 aromatic heterocycles. The molecule has 3 amide bonds. The minimum Gasteiger partial charge on any atom is -0.492 e. The van der Waals surface area contributed by atoms with Crippen LogP contribution in [-0.2, 0) is 4.79 Å². The summed E-state index contributed by atoms with van der Waals surface area (Å²) in [5.41, 5.74) is 4.66. The first-order chi connectivity index (χ1) is 9.73. The van der Waals surface area contributed by atoms with Crippen molar-refractivity contribution in [3.8, 4) is 5.75 Å². The number of nitrogens with two attached hydrogens (primary N) is 1. The van der Waals surface area contributed by atoms with Crippen LogP contribution in [0.1, 0.15) is 27.2 Å². The Morgan fingerprint density at radius 1 is 1.38 bits per heavy atom. The Morgan fingerprint density at radius 3 is 2.62 bits per heavy atom. The van der Waals surface area contributed by atoms with Crippen molar-refractivity contribution in [3.05, 3.63) is 24.0 Å². The zero-order valence-corrected chi connectivity index (χ0v) is 12.3. The second kappa shape index (κ2) is 6.92. The van der Waals surface area contributed by atoms with Gasteiger partial charge in [0.25, 0.3) is 0 Å². The number of carbonyl (C=O) groups excluding carboxylic acids is 2. The summed E-state index contributed by atoms with van der Waals surface area (Å²) in [5, 5.41) is 5.18. The van der Waals surface area contributed by atoms with E-state index < -0.39 is 23.3 Å². The van der Waals surface area contributed by atoms with Gasteiger partial charge in [0.15, 0.2) is 0 Å². The normalized spacial score (nSPS) is 10.9. The van der Waals surface area contributed by atoms with Gasteiger partial charge in [-0.25, -0.2) is 9.18 Å². The Kier molecular flexibility index (Phi) is 5.52. The van der Waals surface area contributed by atoms with Crippen molar-refractivity contribution in [3.63, 3.8) is 0 Å². The summed E-state index contributed by atoms with van der Waals surface area (Å²) >= 11 is 0. The topological polar surface area (TPSA) is 93.4 Å². The number of carbonyl (C=O) groups is 2. The van der Waals surface area contributed by atoms with Crippen molar-refractivity contribution in [2.24, 2.45) is 5.73 Å². The molecule has 0 unspecified atom stereocenters. The van der Waals surface area contributed by atoms with Gasteiger partial charge in [-0.1, -0.05) is 0 Å². The monoisotopic (exact) mass is 297 g/mol. The lowest BCUT2D eigenvalue weighted by molar-refractivity contribution is -0.119. The molecule has 116 valence electrons. The third-order valence-corrected chi connectivity index (χ3v) is 2.56. The van der Waals surface area contributed by atoms with Crippen LogP contribution < -0.4 is 21.1 Å². The van der Waals surface area contributed by atoms with Crippen molar-refractivity contribution >= 4 is 17.6 Å². The lowest BCUT2D eigenvalue weighted by atomic mass is 10.0. The van der Waals surface area contributed by atoms with Crippen LogP contribution in [0.2, 0.25) is 0 Å². The van der Waals surface area contributed by atoms with Gasteiger partial charge in [-0.15, -0.1) is 0 Å². The fraction of sp³-hybridized carbons (Fsp3) is 0.429. The van der Waals surface area contributed by atoms with Gasteiger partial charge in [0.05, 0.1) is 12.3 Å². The maximum atomic E-state index is 13.2. The largest absolute Gasteiger partial charge is 0.492 e. The quantitative estimate of drug-likeness (QED) is 0.749. The smallest absolute Gasteiger partial charge is 0.319 e. The number of nitrogens with one attached hydrogen (secondary N) is 2. The third-order valence-electron chi connectivity index (χ3n) is 2.56. The number of hydrogen-bond acceptors (Lipinski definition) is 3. The van der Waals surface area contributed by atoms with E-state index in [1.807, 2.05) is 0 Å². The molecule has 4 N–H and O–H groups in total. The van der Waals surface area contributed by atoms with Gasteiger partial charge in [-0.05, 0) is 32.9 Å². The minimum absolute atomic E-state index is 0.00214. The number of benzene rings is 1. The van der Waals surface area contributed by atoms with E-state index in [1.54, 1.807) is 20.8 Å². The van der Waals surface area contributed by atoms with Crippen LogP contribution >= 0.6 is 0 Å². The number of urea groups is 1. The maximum Gasteiger partial charge on any atom is 0.319 e. The minimum atomic E-state index is -0.790. The second-order valence-corrected chi connectivity index (χ2v) is 5.18. The van der Waals surface area contributed by atoms with E-state index in [-0.39, 0.29) is 12.2 Å². The van der Waals surface area contributed by atoms with Crippen molar-refractivity contribution in [2.75, 3.05) is 11.9 Å². The molecule has 21 heavy (non-hydrogen) atoms. The Balaban J connectivity index is 2.77. The molecule has 0 bridgehead atoms. The fourth-order valence-electron chi connectivity index (χ4n) is 1.82. The van der Waals surface area contributed by atoms with E-state index in [2.05, 4.69) is 10.6 Å². The van der Waals surface area contributed by atoms with Gasteiger partial charge < -0.3 is 21.1 Å². The number of hydrogen-bond donors (Lipinski definition) is 3. The summed E-state index contributed by atoms with van der Waals surface area (Å²) in [6, 6.07) is 3.27. The summed E-state index contributed by atoms with van der Waals surface area (Å²) in [4.78, 5) is 22.8. The van der Waals surface area contributed by atoms with Gasteiger partial charge in [0.1, 0.15) is 11.6 Å². The van der Waals surface area contributed by atoms with Crippen LogP contribution in [-0.4, -0.2) is 24.1 Å². The highest BCUT2D eigenvalue weighted by Gasteiger charge is 2.23.